The Balaban J connectivity index is 1.41. The highest BCUT2D eigenvalue weighted by Gasteiger charge is 2.67. The van der Waals surface area contributed by atoms with Crippen LogP contribution in [-0.2, 0) is 21.4 Å². The molecule has 0 radical (unpaired) electrons. The van der Waals surface area contributed by atoms with Gasteiger partial charge in [-0.15, -0.1) is 0 Å². The number of hydrogen-bond acceptors (Lipinski definition) is 5. The molecule has 8 rings (SSSR count). The van der Waals surface area contributed by atoms with E-state index in [2.05, 4.69) is 51.0 Å². The number of carboxylic acids is 1. The lowest BCUT2D eigenvalue weighted by atomic mass is 9.40. The number of ketones is 1. The van der Waals surface area contributed by atoms with Gasteiger partial charge in [0.2, 0.25) is 0 Å². The van der Waals surface area contributed by atoms with E-state index in [9.17, 15) is 24.9 Å². The highest BCUT2D eigenvalue weighted by Crippen LogP contribution is 2.71. The number of fused-ring (bicyclic) bond motifs is 11. The van der Waals surface area contributed by atoms with Gasteiger partial charge >= 0.3 is 5.97 Å². The standard InChI is InChI=1S/C40H49NO6/c1-19(2)31-34(46)29-28-21(24-18-36(3,4)47-37(5,6)30(24)33(28)45)17-22-23-16-20-10-11-25-38(7,14-13-27(43)44)26(42)12-15-39(25,8)40(20,9)35(23)41(31)32(22)29/h13-14,17-18,20,25-26,30-31,33,42,45H,1,10-12,15-16H2,2-9H3,(H,43,44)/b14-13+/t20-,25-,26-,30+,31-,33+,38-,39-,40+/m0/s1. The molecule has 2 fully saturated rings. The second-order valence-electron chi connectivity index (χ2n) is 17.5. The molecule has 6 aliphatic rings. The maximum Gasteiger partial charge on any atom is 0.327 e. The smallest absolute Gasteiger partial charge is 0.327 e. The molecule has 1 aromatic heterocycles. The van der Waals surface area contributed by atoms with Crippen molar-refractivity contribution in [2.75, 3.05) is 0 Å². The van der Waals surface area contributed by atoms with Crippen LogP contribution in [0.15, 0.2) is 36.4 Å². The number of carbonyl (C=O) groups is 2. The average Bonchev–Trinajstić information content (AvgIpc) is 3.62. The molecule has 0 unspecified atom stereocenters. The van der Waals surface area contributed by atoms with Crippen LogP contribution in [0.1, 0.15) is 126 Å². The fourth-order valence-corrected chi connectivity index (χ4v) is 12.4. The number of aromatic nitrogens is 1. The van der Waals surface area contributed by atoms with Crippen LogP contribution in [0.4, 0.5) is 0 Å². The van der Waals surface area contributed by atoms with Crippen molar-refractivity contribution in [3.63, 3.8) is 0 Å². The monoisotopic (exact) mass is 639 g/mol. The van der Waals surface area contributed by atoms with Crippen molar-refractivity contribution in [3.05, 3.63) is 64.4 Å². The van der Waals surface area contributed by atoms with Crippen LogP contribution < -0.4 is 0 Å². The number of carboxylic acid groups (broad SMARTS) is 1. The second-order valence-corrected chi connectivity index (χ2v) is 17.5. The third kappa shape index (κ3) is 3.58. The zero-order valence-electron chi connectivity index (χ0n) is 29.0. The Labute approximate surface area is 277 Å². The zero-order chi connectivity index (χ0) is 34.0. The fourth-order valence-electron chi connectivity index (χ4n) is 12.4. The van der Waals surface area contributed by atoms with Crippen LogP contribution in [0.25, 0.3) is 16.5 Å². The zero-order valence-corrected chi connectivity index (χ0v) is 29.0. The molecule has 9 atom stereocenters. The lowest BCUT2D eigenvalue weighted by Crippen LogP contribution is -2.62. The Hall–Kier alpha value is -3.00. The normalized spacial score (nSPS) is 40.6. The number of carbonyl (C=O) groups excluding carboxylic acids is 1. The van der Waals surface area contributed by atoms with E-state index in [1.165, 1.54) is 17.3 Å². The van der Waals surface area contributed by atoms with E-state index in [4.69, 9.17) is 4.74 Å². The van der Waals surface area contributed by atoms with Gasteiger partial charge in [-0.3, -0.25) is 4.79 Å². The van der Waals surface area contributed by atoms with Gasteiger partial charge in [-0.2, -0.15) is 0 Å². The summed E-state index contributed by atoms with van der Waals surface area (Å²) in [7, 11) is 0. The van der Waals surface area contributed by atoms with Crippen molar-refractivity contribution in [1.29, 1.82) is 0 Å². The number of aliphatic hydroxyl groups excluding tert-OH is 2. The predicted molar refractivity (Wildman–Crippen MR) is 181 cm³/mol. The number of hydrogen-bond donors (Lipinski definition) is 3. The largest absolute Gasteiger partial charge is 0.478 e. The second kappa shape index (κ2) is 9.16. The van der Waals surface area contributed by atoms with Gasteiger partial charge in [0, 0.05) is 39.5 Å². The Morgan fingerprint density at radius 1 is 1.09 bits per heavy atom. The van der Waals surface area contributed by atoms with Gasteiger partial charge < -0.3 is 24.6 Å². The molecule has 1 aromatic carbocycles. The molecule has 3 N–H and O–H groups in total. The lowest BCUT2D eigenvalue weighted by molar-refractivity contribution is -0.145. The maximum absolute atomic E-state index is 14.8. The van der Waals surface area contributed by atoms with Crippen LogP contribution in [0.5, 0.6) is 0 Å². The first-order valence-electron chi connectivity index (χ1n) is 17.5. The molecule has 47 heavy (non-hydrogen) atoms. The molecule has 250 valence electrons. The van der Waals surface area contributed by atoms with Crippen molar-refractivity contribution in [1.82, 2.24) is 4.57 Å². The minimum Gasteiger partial charge on any atom is -0.478 e. The molecular weight excluding hydrogens is 590 g/mol. The molecule has 0 saturated heterocycles. The van der Waals surface area contributed by atoms with Gasteiger partial charge in [-0.25, -0.2) is 4.79 Å². The van der Waals surface area contributed by atoms with Crippen LogP contribution in [-0.4, -0.2) is 48.9 Å². The number of allylic oxidation sites excluding steroid dienone is 1. The third-order valence-electron chi connectivity index (χ3n) is 14.2. The SMILES string of the molecule is C=C(C)[C@H]1C(=O)c2c3c(cc4c5c(n1c24)[C@@]1(C)[C@@H](CC[C@H]2[C@](C)(/C=C/C(=O)O)[C@@H](O)CC[C@@]21C)C5)C1=CC(C)(C)OC(C)(C)[C@H]1[C@@H]3O. The van der Waals surface area contributed by atoms with E-state index in [-0.39, 0.29) is 28.4 Å². The number of benzene rings is 1. The number of aliphatic hydroxyl groups is 2. The van der Waals surface area contributed by atoms with E-state index in [1.807, 2.05) is 27.7 Å². The number of ether oxygens (including phenoxy) is 1. The summed E-state index contributed by atoms with van der Waals surface area (Å²) in [5.41, 5.74) is 5.20. The maximum atomic E-state index is 14.8. The van der Waals surface area contributed by atoms with E-state index in [0.717, 1.165) is 58.9 Å². The van der Waals surface area contributed by atoms with Crippen LogP contribution in [0, 0.1) is 28.6 Å². The predicted octanol–water partition coefficient (Wildman–Crippen LogP) is 7.24. The van der Waals surface area contributed by atoms with E-state index in [0.29, 0.717) is 17.9 Å². The van der Waals surface area contributed by atoms with Crippen molar-refractivity contribution < 1.29 is 29.6 Å². The number of aliphatic carboxylic acids is 1. The molecule has 7 nitrogen and oxygen atoms in total. The van der Waals surface area contributed by atoms with E-state index < -0.39 is 40.8 Å². The minimum atomic E-state index is -1.00. The van der Waals surface area contributed by atoms with Gasteiger partial charge in [-0.1, -0.05) is 39.0 Å². The molecule has 7 heteroatoms. The molecule has 0 bridgehead atoms. The van der Waals surface area contributed by atoms with Gasteiger partial charge in [0.15, 0.2) is 5.78 Å². The minimum absolute atomic E-state index is 0.00582. The molecule has 2 aliphatic heterocycles. The van der Waals surface area contributed by atoms with Crippen molar-refractivity contribution in [2.45, 2.75) is 122 Å². The van der Waals surface area contributed by atoms with Crippen LogP contribution >= 0.6 is 0 Å². The Kier molecular flexibility index (Phi) is 6.10. The van der Waals surface area contributed by atoms with Gasteiger partial charge in [0.05, 0.1) is 34.5 Å². The summed E-state index contributed by atoms with van der Waals surface area (Å²) < 4.78 is 8.81. The van der Waals surface area contributed by atoms with Crippen molar-refractivity contribution in [2.24, 2.45) is 28.6 Å². The first-order valence-corrected chi connectivity index (χ1v) is 17.5. The van der Waals surface area contributed by atoms with Crippen molar-refractivity contribution in [3.8, 4) is 0 Å². The third-order valence-corrected chi connectivity index (χ3v) is 14.2. The summed E-state index contributed by atoms with van der Waals surface area (Å²) in [6.45, 7) is 21.3. The fraction of sp³-hybridized carbons (Fsp3) is 0.600. The molecule has 3 heterocycles. The molecule has 0 amide bonds. The van der Waals surface area contributed by atoms with Crippen LogP contribution in [0.2, 0.25) is 0 Å². The molecule has 0 spiro atoms. The Morgan fingerprint density at radius 3 is 2.45 bits per heavy atom. The number of Topliss-reactive ketones (excluding diaryl/α,β-unsaturated/α-hetero) is 1. The summed E-state index contributed by atoms with van der Waals surface area (Å²) in [5.74, 6) is -0.875. The molecule has 2 aromatic rings. The highest BCUT2D eigenvalue weighted by molar-refractivity contribution is 6.18. The Bertz CT molecular complexity index is 1890. The Morgan fingerprint density at radius 2 is 1.79 bits per heavy atom. The summed E-state index contributed by atoms with van der Waals surface area (Å²) in [6.07, 6.45) is 7.79. The van der Waals surface area contributed by atoms with E-state index in [1.54, 1.807) is 6.08 Å². The summed E-state index contributed by atoms with van der Waals surface area (Å²) in [5, 5.41) is 34.2. The van der Waals surface area contributed by atoms with Gasteiger partial charge in [0.25, 0.3) is 0 Å². The number of rotatable bonds is 3. The van der Waals surface area contributed by atoms with Crippen LogP contribution in [0.3, 0.4) is 0 Å². The average molecular weight is 640 g/mol. The number of nitrogens with zero attached hydrogens (tertiary/aromatic N) is 1. The highest BCUT2D eigenvalue weighted by atomic mass is 16.5. The van der Waals surface area contributed by atoms with E-state index >= 15 is 0 Å². The first kappa shape index (κ1) is 31.3. The summed E-state index contributed by atoms with van der Waals surface area (Å²) >= 11 is 0. The molecular formula is C40H49NO6. The topological polar surface area (TPSA) is 109 Å². The quantitative estimate of drug-likeness (QED) is 0.241. The van der Waals surface area contributed by atoms with Crippen molar-refractivity contribution >= 4 is 28.2 Å². The first-order chi connectivity index (χ1) is 21.8. The lowest BCUT2D eigenvalue weighted by Gasteiger charge is -2.64. The molecule has 2 saturated carbocycles. The molecule has 4 aliphatic carbocycles. The van der Waals surface area contributed by atoms with Gasteiger partial charge in [-0.05, 0) is 113 Å². The summed E-state index contributed by atoms with van der Waals surface area (Å²) in [6, 6.07) is 1.72. The van der Waals surface area contributed by atoms with Gasteiger partial charge in [0.1, 0.15) is 6.04 Å². The summed E-state index contributed by atoms with van der Waals surface area (Å²) in [4.78, 5) is 26.4.